The van der Waals surface area contributed by atoms with Crippen LogP contribution < -0.4 is 0 Å². The van der Waals surface area contributed by atoms with Crippen molar-refractivity contribution < 1.29 is 14.4 Å². The van der Waals surface area contributed by atoms with Gasteiger partial charge in [-0.05, 0) is 37.5 Å². The topological polar surface area (TPSA) is 63.3 Å². The maximum absolute atomic E-state index is 11.4. The molecule has 0 radical (unpaired) electrons. The molecule has 19 heavy (non-hydrogen) atoms. The van der Waals surface area contributed by atoms with E-state index in [1.54, 1.807) is 0 Å². The second-order valence-corrected chi connectivity index (χ2v) is 4.68. The number of carboxylic acid groups (broad SMARTS) is 1. The van der Waals surface area contributed by atoms with Crippen LogP contribution in [-0.4, -0.2) is 16.2 Å². The van der Waals surface area contributed by atoms with Gasteiger partial charge >= 0.3 is 5.97 Å². The molecule has 2 rings (SSSR count). The van der Waals surface area contributed by atoms with E-state index in [-0.39, 0.29) is 5.56 Å². The highest BCUT2D eigenvalue weighted by molar-refractivity contribution is 5.95. The molecule has 0 atom stereocenters. The summed E-state index contributed by atoms with van der Waals surface area (Å²) in [6.45, 7) is 5.98. The zero-order valence-electron chi connectivity index (χ0n) is 11.4. The first kappa shape index (κ1) is 13.3. The number of carboxylic acids is 1. The Kier molecular flexibility index (Phi) is 3.69. The molecular weight excluding hydrogens is 242 g/mol. The molecule has 100 valence electrons. The minimum Gasteiger partial charge on any atom is -0.477 e. The Labute approximate surface area is 112 Å². The Balaban J connectivity index is 2.55. The molecular formula is C15H17NO3. The van der Waals surface area contributed by atoms with Crippen LogP contribution in [0, 0.1) is 13.8 Å². The molecule has 0 fully saturated rings. The maximum atomic E-state index is 11.4. The summed E-state index contributed by atoms with van der Waals surface area (Å²) in [6, 6.07) is 5.78. The Morgan fingerprint density at radius 3 is 2.63 bits per heavy atom. The third-order valence-electron chi connectivity index (χ3n) is 3.23. The molecule has 0 aliphatic carbocycles. The van der Waals surface area contributed by atoms with Crippen LogP contribution in [0.5, 0.6) is 0 Å². The van der Waals surface area contributed by atoms with E-state index in [1.165, 1.54) is 0 Å². The molecule has 0 saturated carbocycles. The molecule has 1 aromatic carbocycles. The SMILES string of the molecule is CCCc1onc(-c2ccc(C)c(C)c2)c1C(=O)O. The quantitative estimate of drug-likeness (QED) is 0.911. The minimum atomic E-state index is -0.988. The lowest BCUT2D eigenvalue weighted by Crippen LogP contribution is -2.01. The van der Waals surface area contributed by atoms with Gasteiger partial charge in [-0.15, -0.1) is 0 Å². The number of nitrogens with zero attached hydrogens (tertiary/aromatic N) is 1. The van der Waals surface area contributed by atoms with Gasteiger partial charge in [-0.1, -0.05) is 24.2 Å². The first-order valence-electron chi connectivity index (χ1n) is 6.34. The van der Waals surface area contributed by atoms with E-state index < -0.39 is 5.97 Å². The third kappa shape index (κ3) is 2.52. The van der Waals surface area contributed by atoms with Crippen LogP contribution in [0.4, 0.5) is 0 Å². The van der Waals surface area contributed by atoms with Crippen molar-refractivity contribution in [2.75, 3.05) is 0 Å². The average molecular weight is 259 g/mol. The zero-order chi connectivity index (χ0) is 14.0. The van der Waals surface area contributed by atoms with Crippen molar-refractivity contribution in [1.29, 1.82) is 0 Å². The molecule has 0 amide bonds. The van der Waals surface area contributed by atoms with Crippen molar-refractivity contribution >= 4 is 5.97 Å². The van der Waals surface area contributed by atoms with E-state index in [1.807, 2.05) is 39.0 Å². The van der Waals surface area contributed by atoms with E-state index in [2.05, 4.69) is 5.16 Å². The van der Waals surface area contributed by atoms with Gasteiger partial charge in [0.05, 0.1) is 0 Å². The first-order chi connectivity index (χ1) is 9.04. The van der Waals surface area contributed by atoms with Crippen molar-refractivity contribution in [3.63, 3.8) is 0 Å². The van der Waals surface area contributed by atoms with Gasteiger partial charge in [0, 0.05) is 12.0 Å². The van der Waals surface area contributed by atoms with Crippen molar-refractivity contribution in [2.45, 2.75) is 33.6 Å². The molecule has 1 heterocycles. The summed E-state index contributed by atoms with van der Waals surface area (Å²) < 4.78 is 5.19. The highest BCUT2D eigenvalue weighted by Gasteiger charge is 2.22. The zero-order valence-corrected chi connectivity index (χ0v) is 11.4. The van der Waals surface area contributed by atoms with Gasteiger partial charge in [0.1, 0.15) is 11.3 Å². The molecule has 4 nitrogen and oxygen atoms in total. The summed E-state index contributed by atoms with van der Waals surface area (Å²) in [5.41, 5.74) is 3.66. The van der Waals surface area contributed by atoms with Gasteiger partial charge in [0.15, 0.2) is 5.76 Å². The van der Waals surface area contributed by atoms with Crippen LogP contribution in [0.15, 0.2) is 22.7 Å². The fourth-order valence-electron chi connectivity index (χ4n) is 2.03. The summed E-state index contributed by atoms with van der Waals surface area (Å²) in [6.07, 6.45) is 1.40. The lowest BCUT2D eigenvalue weighted by Gasteiger charge is -2.03. The van der Waals surface area contributed by atoms with Gasteiger partial charge in [-0.25, -0.2) is 4.79 Å². The van der Waals surface area contributed by atoms with E-state index in [0.29, 0.717) is 17.9 Å². The predicted octanol–water partition coefficient (Wildman–Crippen LogP) is 3.61. The molecule has 1 N–H and O–H groups in total. The summed E-state index contributed by atoms with van der Waals surface area (Å²) in [5, 5.41) is 13.3. The second-order valence-electron chi connectivity index (χ2n) is 4.68. The Bertz CT molecular complexity index is 614. The molecule has 0 saturated heterocycles. The molecule has 2 aromatic rings. The minimum absolute atomic E-state index is 0.185. The summed E-state index contributed by atoms with van der Waals surface area (Å²) in [5.74, 6) is -0.541. The fourth-order valence-corrected chi connectivity index (χ4v) is 2.03. The van der Waals surface area contributed by atoms with Crippen LogP contribution in [-0.2, 0) is 6.42 Å². The number of carbonyl (C=O) groups is 1. The van der Waals surface area contributed by atoms with Gasteiger partial charge in [-0.3, -0.25) is 0 Å². The number of aryl methyl sites for hydroxylation is 3. The number of aromatic nitrogens is 1. The Morgan fingerprint density at radius 1 is 1.32 bits per heavy atom. The summed E-state index contributed by atoms with van der Waals surface area (Å²) >= 11 is 0. The third-order valence-corrected chi connectivity index (χ3v) is 3.23. The molecule has 0 aliphatic heterocycles. The first-order valence-corrected chi connectivity index (χ1v) is 6.34. The highest BCUT2D eigenvalue weighted by atomic mass is 16.5. The normalized spacial score (nSPS) is 10.7. The standard InChI is InChI=1S/C15H17NO3/c1-4-5-12-13(15(17)18)14(16-19-12)11-7-6-9(2)10(3)8-11/h6-8H,4-5H2,1-3H3,(H,17,18). The van der Waals surface area contributed by atoms with Crippen molar-refractivity contribution in [3.8, 4) is 11.3 Å². The van der Waals surface area contributed by atoms with Crippen LogP contribution in [0.3, 0.4) is 0 Å². The van der Waals surface area contributed by atoms with Crippen LogP contribution in [0.25, 0.3) is 11.3 Å². The lowest BCUT2D eigenvalue weighted by molar-refractivity contribution is 0.0695. The summed E-state index contributed by atoms with van der Waals surface area (Å²) in [7, 11) is 0. The monoisotopic (exact) mass is 259 g/mol. The number of rotatable bonds is 4. The van der Waals surface area contributed by atoms with Crippen molar-refractivity contribution in [1.82, 2.24) is 5.16 Å². The molecule has 1 aromatic heterocycles. The van der Waals surface area contributed by atoms with Crippen LogP contribution >= 0.6 is 0 Å². The lowest BCUT2D eigenvalue weighted by atomic mass is 10.0. The van der Waals surface area contributed by atoms with E-state index in [4.69, 9.17) is 4.52 Å². The van der Waals surface area contributed by atoms with E-state index in [9.17, 15) is 9.90 Å². The summed E-state index contributed by atoms with van der Waals surface area (Å²) in [4.78, 5) is 11.4. The smallest absolute Gasteiger partial charge is 0.341 e. The second kappa shape index (κ2) is 5.26. The Hall–Kier alpha value is -2.10. The number of hydrogen-bond acceptors (Lipinski definition) is 3. The largest absolute Gasteiger partial charge is 0.477 e. The van der Waals surface area contributed by atoms with Gasteiger partial charge in [-0.2, -0.15) is 0 Å². The van der Waals surface area contributed by atoms with Crippen LogP contribution in [0.2, 0.25) is 0 Å². The number of benzene rings is 1. The van der Waals surface area contributed by atoms with E-state index >= 15 is 0 Å². The fraction of sp³-hybridized carbons (Fsp3) is 0.333. The molecule has 0 aliphatic rings. The number of hydrogen-bond donors (Lipinski definition) is 1. The molecule has 0 spiro atoms. The Morgan fingerprint density at radius 2 is 2.05 bits per heavy atom. The molecule has 4 heteroatoms. The maximum Gasteiger partial charge on any atom is 0.341 e. The van der Waals surface area contributed by atoms with E-state index in [0.717, 1.165) is 23.1 Å². The van der Waals surface area contributed by atoms with Crippen LogP contribution in [0.1, 0.15) is 40.6 Å². The van der Waals surface area contributed by atoms with Gasteiger partial charge in [0.2, 0.25) is 0 Å². The predicted molar refractivity (Wildman–Crippen MR) is 72.4 cm³/mol. The van der Waals surface area contributed by atoms with Gasteiger partial charge in [0.25, 0.3) is 0 Å². The highest BCUT2D eigenvalue weighted by Crippen LogP contribution is 2.27. The molecule has 0 bridgehead atoms. The number of aromatic carboxylic acids is 1. The van der Waals surface area contributed by atoms with Crippen molar-refractivity contribution in [3.05, 3.63) is 40.6 Å². The van der Waals surface area contributed by atoms with Crippen molar-refractivity contribution in [2.24, 2.45) is 0 Å². The van der Waals surface area contributed by atoms with Gasteiger partial charge < -0.3 is 9.63 Å². The average Bonchev–Trinajstić information content (AvgIpc) is 2.77. The molecule has 0 unspecified atom stereocenters.